The number of carbonyl (C=O) groups is 2. The molecule has 11 nitrogen and oxygen atoms in total. The highest BCUT2D eigenvalue weighted by Gasteiger charge is 2.33. The van der Waals surface area contributed by atoms with E-state index in [0.29, 0.717) is 36.9 Å². The Morgan fingerprint density at radius 2 is 1.92 bits per heavy atom. The van der Waals surface area contributed by atoms with Crippen molar-refractivity contribution in [2.75, 3.05) is 43.8 Å². The lowest BCUT2D eigenvalue weighted by Crippen LogP contribution is -2.48. The van der Waals surface area contributed by atoms with E-state index in [1.54, 1.807) is 15.9 Å². The van der Waals surface area contributed by atoms with Crippen LogP contribution in [0, 0.1) is 10.1 Å². The molecule has 198 valence electrons. The molecule has 3 heterocycles. The van der Waals surface area contributed by atoms with Gasteiger partial charge in [0.25, 0.3) is 17.5 Å². The number of morpholine rings is 1. The number of anilines is 2. The fourth-order valence-corrected chi connectivity index (χ4v) is 5.31. The molecule has 0 unspecified atom stereocenters. The van der Waals surface area contributed by atoms with Gasteiger partial charge in [0.15, 0.2) is 0 Å². The number of hydrogen-bond acceptors (Lipinski definition) is 8. The SMILES string of the molecule is [2H]C([2H])([2H])Nc1cncc(C(=O)N2CCC[C@@H](Nc3c(C(=O)N4C[C@@H](C)O[C@@H](C)C4)cc(Br)cc3[N+](=O)[O-])C2)c1. The third-order valence-electron chi connectivity index (χ3n) is 6.40. The van der Waals surface area contributed by atoms with E-state index in [-0.39, 0.29) is 64.8 Å². The fraction of sp³-hybridized carbons (Fsp3) is 0.480. The number of likely N-dealkylation sites (tertiary alicyclic amines) is 1. The normalized spacial score (nSPS) is 23.4. The minimum Gasteiger partial charge on any atom is -0.387 e. The number of rotatable bonds is 6. The lowest BCUT2D eigenvalue weighted by molar-refractivity contribution is -0.384. The van der Waals surface area contributed by atoms with Crippen LogP contribution in [-0.4, -0.2) is 82.9 Å². The number of amides is 2. The number of pyridine rings is 1. The van der Waals surface area contributed by atoms with Gasteiger partial charge in [-0.3, -0.25) is 24.7 Å². The number of nitro benzene ring substituents is 1. The van der Waals surface area contributed by atoms with Gasteiger partial charge in [-0.2, -0.15) is 0 Å². The molecule has 4 rings (SSSR count). The van der Waals surface area contributed by atoms with Gasteiger partial charge in [0.1, 0.15) is 5.69 Å². The summed E-state index contributed by atoms with van der Waals surface area (Å²) in [6, 6.07) is 3.98. The number of hydrogen-bond donors (Lipinski definition) is 2. The smallest absolute Gasteiger partial charge is 0.294 e. The topological polar surface area (TPSA) is 130 Å². The summed E-state index contributed by atoms with van der Waals surface area (Å²) in [6.07, 6.45) is 3.58. The molecule has 12 heteroatoms. The molecule has 2 aliphatic heterocycles. The van der Waals surface area contributed by atoms with Gasteiger partial charge in [-0.15, -0.1) is 0 Å². The molecule has 0 aliphatic carbocycles. The summed E-state index contributed by atoms with van der Waals surface area (Å²) >= 11 is 3.31. The first-order valence-corrected chi connectivity index (χ1v) is 12.8. The minimum atomic E-state index is -2.44. The van der Waals surface area contributed by atoms with Crippen LogP contribution in [-0.2, 0) is 4.74 Å². The van der Waals surface area contributed by atoms with Crippen LogP contribution in [0.4, 0.5) is 17.1 Å². The Kier molecular flexibility index (Phi) is 7.08. The summed E-state index contributed by atoms with van der Waals surface area (Å²) < 4.78 is 28.3. The Morgan fingerprint density at radius 1 is 1.16 bits per heavy atom. The van der Waals surface area contributed by atoms with Crippen molar-refractivity contribution in [2.45, 2.75) is 44.9 Å². The number of benzene rings is 1. The molecule has 3 atom stereocenters. The van der Waals surface area contributed by atoms with Crippen molar-refractivity contribution >= 4 is 44.8 Å². The van der Waals surface area contributed by atoms with Crippen LogP contribution in [0.1, 0.15) is 51.5 Å². The maximum Gasteiger partial charge on any atom is 0.294 e. The van der Waals surface area contributed by atoms with Crippen LogP contribution < -0.4 is 10.6 Å². The second-order valence-corrected chi connectivity index (χ2v) is 10.3. The second kappa shape index (κ2) is 11.4. The number of nitrogens with one attached hydrogen (secondary N) is 2. The van der Waals surface area contributed by atoms with Gasteiger partial charge in [0, 0.05) is 66.2 Å². The summed E-state index contributed by atoms with van der Waals surface area (Å²) in [6.45, 7) is 2.70. The van der Waals surface area contributed by atoms with E-state index in [1.165, 1.54) is 24.5 Å². The van der Waals surface area contributed by atoms with Crippen LogP contribution in [0.3, 0.4) is 0 Å². The lowest BCUT2D eigenvalue weighted by atomic mass is 10.0. The largest absolute Gasteiger partial charge is 0.387 e. The second-order valence-electron chi connectivity index (χ2n) is 9.39. The van der Waals surface area contributed by atoms with Gasteiger partial charge in [-0.1, -0.05) is 15.9 Å². The van der Waals surface area contributed by atoms with Crippen LogP contribution in [0.15, 0.2) is 35.1 Å². The van der Waals surface area contributed by atoms with Crippen molar-refractivity contribution < 1.29 is 23.4 Å². The molecule has 0 spiro atoms. The van der Waals surface area contributed by atoms with Crippen LogP contribution in [0.25, 0.3) is 0 Å². The number of nitro groups is 1. The average molecular weight is 578 g/mol. The predicted molar refractivity (Wildman–Crippen MR) is 143 cm³/mol. The van der Waals surface area contributed by atoms with Crippen LogP contribution in [0.2, 0.25) is 0 Å². The number of halogens is 1. The first-order valence-electron chi connectivity index (χ1n) is 13.5. The molecule has 1 aromatic heterocycles. The number of nitrogens with zero attached hydrogens (tertiary/aromatic N) is 4. The molecule has 2 saturated heterocycles. The summed E-state index contributed by atoms with van der Waals surface area (Å²) in [7, 11) is 0. The van der Waals surface area contributed by atoms with Gasteiger partial charge < -0.3 is 25.2 Å². The first-order chi connectivity index (χ1) is 18.8. The molecule has 2 aromatic rings. The van der Waals surface area contributed by atoms with E-state index in [9.17, 15) is 19.7 Å². The third kappa shape index (κ3) is 6.19. The standard InChI is InChI=1S/C25H31BrN6O5/c1-15-12-31(13-16(2)37-15)25(34)21-8-18(26)9-22(32(35)36)23(21)29-19-5-4-6-30(14-19)24(33)17-7-20(27-3)11-28-10-17/h7-11,15-16,19,27,29H,4-6,12-14H2,1-3H3/t15-,16+,19-/m1/s1/i3D3. The van der Waals surface area contributed by atoms with Gasteiger partial charge >= 0.3 is 0 Å². The Morgan fingerprint density at radius 3 is 2.62 bits per heavy atom. The molecule has 0 saturated carbocycles. The molecular formula is C25H31BrN6O5. The van der Waals surface area contributed by atoms with Crippen LogP contribution in [0.5, 0.6) is 0 Å². The highest BCUT2D eigenvalue weighted by atomic mass is 79.9. The average Bonchev–Trinajstić information content (AvgIpc) is 2.87. The highest BCUT2D eigenvalue weighted by Crippen LogP contribution is 2.35. The zero-order valence-electron chi connectivity index (χ0n) is 23.6. The quantitative estimate of drug-likeness (QED) is 0.392. The fourth-order valence-electron chi connectivity index (χ4n) is 4.86. The van der Waals surface area contributed by atoms with E-state index in [1.807, 2.05) is 13.8 Å². The van der Waals surface area contributed by atoms with Crippen LogP contribution >= 0.6 is 15.9 Å². The number of piperidine rings is 1. The molecule has 37 heavy (non-hydrogen) atoms. The summed E-state index contributed by atoms with van der Waals surface area (Å²) in [5, 5.41) is 17.6. The maximum atomic E-state index is 13.6. The summed E-state index contributed by atoms with van der Waals surface area (Å²) in [5.74, 6) is -0.687. The molecule has 0 radical (unpaired) electrons. The molecule has 1 aromatic carbocycles. The van der Waals surface area contributed by atoms with Crippen molar-refractivity contribution in [2.24, 2.45) is 0 Å². The predicted octanol–water partition coefficient (Wildman–Crippen LogP) is 3.76. The Hall–Kier alpha value is -3.25. The van der Waals surface area contributed by atoms with Crippen molar-refractivity contribution in [3.63, 3.8) is 0 Å². The Bertz CT molecular complexity index is 1290. The van der Waals surface area contributed by atoms with Crippen molar-refractivity contribution in [3.8, 4) is 0 Å². The van der Waals surface area contributed by atoms with E-state index < -0.39 is 11.9 Å². The molecule has 2 N–H and O–H groups in total. The minimum absolute atomic E-state index is 0.106. The molecule has 2 amide bonds. The zero-order valence-corrected chi connectivity index (χ0v) is 22.2. The van der Waals surface area contributed by atoms with E-state index in [4.69, 9.17) is 8.85 Å². The monoisotopic (exact) mass is 577 g/mol. The number of carbonyl (C=O) groups excluding carboxylic acids is 2. The van der Waals surface area contributed by atoms with Crippen molar-refractivity contribution in [1.82, 2.24) is 14.8 Å². The summed E-state index contributed by atoms with van der Waals surface area (Å²) in [5.41, 5.74) is 0.436. The number of aromatic nitrogens is 1. The van der Waals surface area contributed by atoms with Gasteiger partial charge in [0.2, 0.25) is 0 Å². The van der Waals surface area contributed by atoms with Gasteiger partial charge in [-0.05, 0) is 38.8 Å². The van der Waals surface area contributed by atoms with E-state index >= 15 is 0 Å². The van der Waals surface area contributed by atoms with Gasteiger partial charge in [-0.25, -0.2) is 0 Å². The lowest BCUT2D eigenvalue weighted by Gasteiger charge is -2.36. The highest BCUT2D eigenvalue weighted by molar-refractivity contribution is 9.10. The van der Waals surface area contributed by atoms with E-state index in [2.05, 4.69) is 31.5 Å². The third-order valence-corrected chi connectivity index (χ3v) is 6.86. The Balaban J connectivity index is 1.57. The van der Waals surface area contributed by atoms with Crippen molar-refractivity contribution in [3.05, 3.63) is 56.3 Å². The number of ether oxygens (including phenoxy) is 1. The molecular weight excluding hydrogens is 544 g/mol. The maximum absolute atomic E-state index is 13.6. The molecule has 2 aliphatic rings. The molecule has 2 fully saturated rings. The van der Waals surface area contributed by atoms with Gasteiger partial charge in [0.05, 0.1) is 33.9 Å². The van der Waals surface area contributed by atoms with Crippen molar-refractivity contribution in [1.29, 1.82) is 0 Å². The van der Waals surface area contributed by atoms with E-state index in [0.717, 1.165) is 0 Å². The molecule has 0 bridgehead atoms. The Labute approximate surface area is 228 Å². The first kappa shape index (κ1) is 22.9. The zero-order chi connectivity index (χ0) is 29.2. The summed E-state index contributed by atoms with van der Waals surface area (Å²) in [4.78, 5) is 45.6.